The van der Waals surface area contributed by atoms with Gasteiger partial charge >= 0.3 is 0 Å². The van der Waals surface area contributed by atoms with Crippen LogP contribution in [0.25, 0.3) is 11.1 Å². The average Bonchev–Trinajstić information content (AvgIpc) is 2.53. The van der Waals surface area contributed by atoms with Crippen LogP contribution in [0.3, 0.4) is 0 Å². The molecule has 0 aliphatic heterocycles. The van der Waals surface area contributed by atoms with Crippen molar-refractivity contribution in [2.75, 3.05) is 5.73 Å². The fourth-order valence-corrected chi connectivity index (χ4v) is 2.02. The summed E-state index contributed by atoms with van der Waals surface area (Å²) in [5, 5.41) is 6.96. The molecule has 0 aliphatic carbocycles. The molecule has 2 aromatic rings. The Morgan fingerprint density at radius 2 is 1.62 bits per heavy atom. The molecule has 3 nitrogen and oxygen atoms in total. The predicted molar refractivity (Wildman–Crippen MR) is 67.4 cm³/mol. The van der Waals surface area contributed by atoms with Crippen molar-refractivity contribution >= 4 is 5.82 Å². The first-order valence-electron chi connectivity index (χ1n) is 5.39. The number of hydrogen-bond donors (Lipinski definition) is 2. The number of aromatic nitrogens is 2. The highest BCUT2D eigenvalue weighted by molar-refractivity contribution is 5.79. The molecule has 3 N–H and O–H groups in total. The van der Waals surface area contributed by atoms with Crippen molar-refractivity contribution < 1.29 is 0 Å². The van der Waals surface area contributed by atoms with Gasteiger partial charge in [-0.3, -0.25) is 5.10 Å². The van der Waals surface area contributed by atoms with Gasteiger partial charge in [0.2, 0.25) is 0 Å². The van der Waals surface area contributed by atoms with Gasteiger partial charge in [-0.25, -0.2) is 0 Å². The van der Waals surface area contributed by atoms with Crippen molar-refractivity contribution in [1.29, 1.82) is 0 Å². The monoisotopic (exact) mass is 215 g/mol. The van der Waals surface area contributed by atoms with Gasteiger partial charge in [-0.15, -0.1) is 0 Å². The van der Waals surface area contributed by atoms with Gasteiger partial charge in [0, 0.05) is 11.3 Å². The van der Waals surface area contributed by atoms with E-state index in [0.29, 0.717) is 5.82 Å². The van der Waals surface area contributed by atoms with Crippen LogP contribution in [0.1, 0.15) is 22.4 Å². The summed E-state index contributed by atoms with van der Waals surface area (Å²) in [4.78, 5) is 0. The normalized spacial score (nSPS) is 10.8. The number of nitrogen functional groups attached to an aromatic ring is 1. The van der Waals surface area contributed by atoms with Gasteiger partial charge in [0.15, 0.2) is 5.82 Å². The van der Waals surface area contributed by atoms with Crippen molar-refractivity contribution in [3.05, 3.63) is 34.5 Å². The van der Waals surface area contributed by atoms with E-state index in [4.69, 9.17) is 5.73 Å². The third-order valence-electron chi connectivity index (χ3n) is 3.09. The Morgan fingerprint density at radius 1 is 1.00 bits per heavy atom. The number of rotatable bonds is 1. The first kappa shape index (κ1) is 10.7. The maximum atomic E-state index is 5.89. The SMILES string of the molecule is Cc1cc(C)c(-c2c(N)n[nH]c2C)cc1C. The van der Waals surface area contributed by atoms with Crippen molar-refractivity contribution in [2.24, 2.45) is 0 Å². The summed E-state index contributed by atoms with van der Waals surface area (Å²) in [5.74, 6) is 0.573. The van der Waals surface area contributed by atoms with E-state index >= 15 is 0 Å². The average molecular weight is 215 g/mol. The van der Waals surface area contributed by atoms with Crippen LogP contribution in [-0.4, -0.2) is 10.2 Å². The van der Waals surface area contributed by atoms with Gasteiger partial charge in [0.05, 0.1) is 0 Å². The van der Waals surface area contributed by atoms with Crippen LogP contribution in [0.15, 0.2) is 12.1 Å². The number of nitrogens with two attached hydrogens (primary N) is 1. The number of aromatic amines is 1. The van der Waals surface area contributed by atoms with Crippen molar-refractivity contribution in [3.63, 3.8) is 0 Å². The fourth-order valence-electron chi connectivity index (χ4n) is 2.02. The Labute approximate surface area is 95.7 Å². The molecule has 0 aliphatic rings. The molecule has 0 amide bonds. The summed E-state index contributed by atoms with van der Waals surface area (Å²) in [6.07, 6.45) is 0. The van der Waals surface area contributed by atoms with Gasteiger partial charge < -0.3 is 5.73 Å². The number of nitrogens with zero attached hydrogens (tertiary/aromatic N) is 1. The van der Waals surface area contributed by atoms with Gasteiger partial charge in [-0.1, -0.05) is 12.1 Å². The molecular formula is C13H17N3. The van der Waals surface area contributed by atoms with Gasteiger partial charge in [0.1, 0.15) is 0 Å². The second-order valence-electron chi connectivity index (χ2n) is 4.36. The molecule has 1 aromatic carbocycles. The molecule has 3 heteroatoms. The van der Waals surface area contributed by atoms with E-state index < -0.39 is 0 Å². The van der Waals surface area contributed by atoms with Crippen LogP contribution in [0.2, 0.25) is 0 Å². The summed E-state index contributed by atoms with van der Waals surface area (Å²) >= 11 is 0. The summed E-state index contributed by atoms with van der Waals surface area (Å²) in [6.45, 7) is 8.34. The second kappa shape index (κ2) is 3.67. The molecule has 0 atom stereocenters. The number of anilines is 1. The second-order valence-corrected chi connectivity index (χ2v) is 4.36. The van der Waals surface area contributed by atoms with Crippen molar-refractivity contribution in [3.8, 4) is 11.1 Å². The van der Waals surface area contributed by atoms with Gasteiger partial charge in [0.25, 0.3) is 0 Å². The lowest BCUT2D eigenvalue weighted by atomic mass is 9.95. The van der Waals surface area contributed by atoms with Crippen LogP contribution in [0, 0.1) is 27.7 Å². The Balaban J connectivity index is 2.69. The van der Waals surface area contributed by atoms with Crippen LogP contribution < -0.4 is 5.73 Å². The fraction of sp³-hybridized carbons (Fsp3) is 0.308. The molecule has 0 saturated heterocycles. The van der Waals surface area contributed by atoms with Crippen LogP contribution in [0.5, 0.6) is 0 Å². The maximum Gasteiger partial charge on any atom is 0.153 e. The molecule has 1 heterocycles. The zero-order valence-electron chi connectivity index (χ0n) is 10.2. The topological polar surface area (TPSA) is 54.7 Å². The number of hydrogen-bond acceptors (Lipinski definition) is 2. The summed E-state index contributed by atoms with van der Waals surface area (Å²) in [5.41, 5.74) is 12.9. The number of aryl methyl sites for hydroxylation is 4. The largest absolute Gasteiger partial charge is 0.382 e. The summed E-state index contributed by atoms with van der Waals surface area (Å²) in [7, 11) is 0. The highest BCUT2D eigenvalue weighted by Crippen LogP contribution is 2.31. The molecule has 0 bridgehead atoms. The first-order valence-corrected chi connectivity index (χ1v) is 5.39. The molecule has 0 radical (unpaired) electrons. The van der Waals surface area contributed by atoms with Crippen LogP contribution >= 0.6 is 0 Å². The van der Waals surface area contributed by atoms with Crippen LogP contribution in [0.4, 0.5) is 5.82 Å². The van der Waals surface area contributed by atoms with E-state index in [1.807, 2.05) is 6.92 Å². The van der Waals surface area contributed by atoms with E-state index in [-0.39, 0.29) is 0 Å². The van der Waals surface area contributed by atoms with E-state index in [1.165, 1.54) is 22.3 Å². The molecule has 1 aromatic heterocycles. The van der Waals surface area contributed by atoms with Gasteiger partial charge in [-0.2, -0.15) is 5.10 Å². The minimum atomic E-state index is 0.573. The van der Waals surface area contributed by atoms with Crippen LogP contribution in [-0.2, 0) is 0 Å². The Bertz CT molecular complexity index is 519. The lowest BCUT2D eigenvalue weighted by Crippen LogP contribution is -1.93. The third kappa shape index (κ3) is 1.58. The Hall–Kier alpha value is -1.77. The standard InChI is InChI=1S/C13H17N3/c1-7-5-9(3)11(6-8(7)2)12-10(4)15-16-13(12)14/h5-6H,1-4H3,(H3,14,15,16). The molecule has 0 spiro atoms. The first-order chi connectivity index (χ1) is 7.50. The minimum Gasteiger partial charge on any atom is -0.382 e. The minimum absolute atomic E-state index is 0.573. The molecular weight excluding hydrogens is 198 g/mol. The highest BCUT2D eigenvalue weighted by atomic mass is 15.2. The van der Waals surface area contributed by atoms with E-state index in [2.05, 4.69) is 43.1 Å². The highest BCUT2D eigenvalue weighted by Gasteiger charge is 2.12. The summed E-state index contributed by atoms with van der Waals surface area (Å²) < 4.78 is 0. The zero-order valence-corrected chi connectivity index (χ0v) is 10.2. The molecule has 16 heavy (non-hydrogen) atoms. The molecule has 0 unspecified atom stereocenters. The van der Waals surface area contributed by atoms with Gasteiger partial charge in [-0.05, 0) is 49.9 Å². The lowest BCUT2D eigenvalue weighted by molar-refractivity contribution is 1.05. The molecule has 2 rings (SSSR count). The Morgan fingerprint density at radius 3 is 2.19 bits per heavy atom. The maximum absolute atomic E-state index is 5.89. The van der Waals surface area contributed by atoms with E-state index in [1.54, 1.807) is 0 Å². The lowest BCUT2D eigenvalue weighted by Gasteiger charge is -2.09. The number of nitrogens with one attached hydrogen (secondary N) is 1. The predicted octanol–water partition coefficient (Wildman–Crippen LogP) is 2.89. The smallest absolute Gasteiger partial charge is 0.153 e. The Kier molecular flexibility index (Phi) is 2.46. The van der Waals surface area contributed by atoms with Crippen molar-refractivity contribution in [2.45, 2.75) is 27.7 Å². The summed E-state index contributed by atoms with van der Waals surface area (Å²) in [6, 6.07) is 4.37. The molecule has 84 valence electrons. The van der Waals surface area contributed by atoms with E-state index in [0.717, 1.165) is 11.3 Å². The number of H-pyrrole nitrogens is 1. The molecule has 0 saturated carbocycles. The molecule has 0 fully saturated rings. The van der Waals surface area contributed by atoms with E-state index in [9.17, 15) is 0 Å². The van der Waals surface area contributed by atoms with Crippen molar-refractivity contribution in [1.82, 2.24) is 10.2 Å². The quantitative estimate of drug-likeness (QED) is 0.768. The number of benzene rings is 1. The third-order valence-corrected chi connectivity index (χ3v) is 3.09. The zero-order chi connectivity index (χ0) is 11.9.